The van der Waals surface area contributed by atoms with Crippen LogP contribution < -0.4 is 0 Å². The van der Waals surface area contributed by atoms with Gasteiger partial charge in [0.25, 0.3) is 0 Å². The molecule has 0 aromatic carbocycles. The van der Waals surface area contributed by atoms with Crippen molar-refractivity contribution in [2.24, 2.45) is 0 Å². The summed E-state index contributed by atoms with van der Waals surface area (Å²) < 4.78 is 10.6. The third kappa shape index (κ3) is 2.00. The van der Waals surface area contributed by atoms with E-state index in [0.717, 1.165) is 15.8 Å². The number of methoxy groups -OCH3 is 1. The molecule has 0 spiro atoms. The Kier molecular flexibility index (Phi) is 3.32. The molecule has 0 aliphatic rings. The average molecular weight is 323 g/mol. The first kappa shape index (κ1) is 11.6. The van der Waals surface area contributed by atoms with Crippen LogP contribution in [0, 0.1) is 0 Å². The van der Waals surface area contributed by atoms with Gasteiger partial charge in [-0.25, -0.2) is 9.78 Å². The molecule has 7 heteroatoms. The van der Waals surface area contributed by atoms with Gasteiger partial charge >= 0.3 is 5.97 Å². The summed E-state index contributed by atoms with van der Waals surface area (Å²) in [5.74, 6) is 0.0403. The topological polar surface area (TPSA) is 52.3 Å². The Morgan fingerprint density at radius 3 is 3.00 bits per heavy atom. The van der Waals surface area contributed by atoms with E-state index in [1.807, 2.05) is 0 Å². The Labute approximate surface area is 108 Å². The van der Waals surface area contributed by atoms with Crippen molar-refractivity contribution < 1.29 is 13.9 Å². The number of carbonyl (C=O) groups is 1. The molecule has 2 aromatic rings. The Balaban J connectivity index is 2.46. The standard InChI is InChI=1S/C9H5BrClNO3S/c1-14-9(13)6-7(11)12-8(16-6)5-4(10)2-3-15-5/h2-3H,1H3. The second-order valence-electron chi connectivity index (χ2n) is 2.73. The number of nitrogens with zero attached hydrogens (tertiary/aromatic N) is 1. The number of carbonyl (C=O) groups excluding carboxylic acids is 1. The highest BCUT2D eigenvalue weighted by Gasteiger charge is 2.20. The minimum Gasteiger partial charge on any atom is -0.465 e. The zero-order valence-corrected chi connectivity index (χ0v) is 11.1. The Morgan fingerprint density at radius 1 is 1.69 bits per heavy atom. The van der Waals surface area contributed by atoms with E-state index in [1.165, 1.54) is 13.4 Å². The predicted molar refractivity (Wildman–Crippen MR) is 63.9 cm³/mol. The first-order chi connectivity index (χ1) is 7.63. The highest BCUT2D eigenvalue weighted by Crippen LogP contribution is 2.35. The zero-order chi connectivity index (χ0) is 11.7. The molecule has 0 N–H and O–H groups in total. The fourth-order valence-corrected chi connectivity index (χ4v) is 2.79. The number of ether oxygens (including phenoxy) is 1. The van der Waals surface area contributed by atoms with Gasteiger partial charge in [-0.2, -0.15) is 0 Å². The average Bonchev–Trinajstić information content (AvgIpc) is 2.83. The van der Waals surface area contributed by atoms with Gasteiger partial charge in [0.1, 0.15) is 0 Å². The third-order valence-corrected chi connectivity index (χ3v) is 3.81. The molecule has 2 rings (SSSR count). The second kappa shape index (κ2) is 4.57. The third-order valence-electron chi connectivity index (χ3n) is 1.77. The molecule has 0 radical (unpaired) electrons. The van der Waals surface area contributed by atoms with Crippen molar-refractivity contribution in [1.82, 2.24) is 4.98 Å². The van der Waals surface area contributed by atoms with Crippen LogP contribution in [0.1, 0.15) is 9.67 Å². The summed E-state index contributed by atoms with van der Waals surface area (Å²) in [5, 5.41) is 0.650. The molecule has 0 atom stereocenters. The molecule has 0 amide bonds. The second-order valence-corrected chi connectivity index (χ2v) is 4.94. The summed E-state index contributed by atoms with van der Waals surface area (Å²) in [4.78, 5) is 15.6. The van der Waals surface area contributed by atoms with Crippen LogP contribution in [0.2, 0.25) is 5.15 Å². The molecule has 0 unspecified atom stereocenters. The molecule has 0 saturated carbocycles. The summed E-state index contributed by atoms with van der Waals surface area (Å²) in [7, 11) is 1.29. The van der Waals surface area contributed by atoms with Gasteiger partial charge in [-0.1, -0.05) is 11.6 Å². The fourth-order valence-electron chi connectivity index (χ4n) is 1.06. The van der Waals surface area contributed by atoms with Gasteiger partial charge in [0, 0.05) is 0 Å². The van der Waals surface area contributed by atoms with E-state index in [0.29, 0.717) is 10.8 Å². The number of esters is 1. The van der Waals surface area contributed by atoms with Crippen molar-refractivity contribution >= 4 is 44.8 Å². The van der Waals surface area contributed by atoms with E-state index in [4.69, 9.17) is 16.0 Å². The lowest BCUT2D eigenvalue weighted by Crippen LogP contribution is -1.98. The number of furan rings is 1. The van der Waals surface area contributed by atoms with Gasteiger partial charge in [0.15, 0.2) is 20.8 Å². The maximum absolute atomic E-state index is 11.3. The van der Waals surface area contributed by atoms with Crippen LogP contribution in [0.15, 0.2) is 21.2 Å². The van der Waals surface area contributed by atoms with Crippen molar-refractivity contribution in [1.29, 1.82) is 0 Å². The van der Waals surface area contributed by atoms with Gasteiger partial charge in [-0.3, -0.25) is 0 Å². The highest BCUT2D eigenvalue weighted by atomic mass is 79.9. The number of halogens is 2. The summed E-state index contributed by atoms with van der Waals surface area (Å²) >= 11 is 10.3. The summed E-state index contributed by atoms with van der Waals surface area (Å²) in [6.07, 6.45) is 1.52. The van der Waals surface area contributed by atoms with E-state index < -0.39 is 5.97 Å². The lowest BCUT2D eigenvalue weighted by Gasteiger charge is -1.92. The summed E-state index contributed by atoms with van der Waals surface area (Å²) in [6.45, 7) is 0. The molecule has 0 bridgehead atoms. The van der Waals surface area contributed by atoms with Gasteiger partial charge in [0.2, 0.25) is 0 Å². The van der Waals surface area contributed by atoms with Crippen molar-refractivity contribution in [3.05, 3.63) is 26.8 Å². The highest BCUT2D eigenvalue weighted by molar-refractivity contribution is 9.10. The fraction of sp³-hybridized carbons (Fsp3) is 0.111. The molecule has 16 heavy (non-hydrogen) atoms. The maximum Gasteiger partial charge on any atom is 0.351 e. The minimum absolute atomic E-state index is 0.121. The van der Waals surface area contributed by atoms with Crippen molar-refractivity contribution in [2.75, 3.05) is 7.11 Å². The van der Waals surface area contributed by atoms with Crippen LogP contribution in [-0.2, 0) is 4.74 Å². The summed E-state index contributed by atoms with van der Waals surface area (Å²) in [6, 6.07) is 1.74. The van der Waals surface area contributed by atoms with Gasteiger partial charge in [0.05, 0.1) is 17.8 Å². The molecular weight excluding hydrogens is 318 g/mol. The number of rotatable bonds is 2. The quantitative estimate of drug-likeness (QED) is 0.793. The SMILES string of the molecule is COC(=O)c1sc(-c2occc2Br)nc1Cl. The molecular formula is C9H5BrClNO3S. The van der Waals surface area contributed by atoms with Gasteiger partial charge < -0.3 is 9.15 Å². The molecule has 0 aliphatic carbocycles. The Bertz CT molecular complexity index is 537. The van der Waals surface area contributed by atoms with Crippen molar-refractivity contribution in [3.63, 3.8) is 0 Å². The van der Waals surface area contributed by atoms with Crippen LogP contribution in [0.3, 0.4) is 0 Å². The summed E-state index contributed by atoms with van der Waals surface area (Å²) in [5.41, 5.74) is 0. The first-order valence-corrected chi connectivity index (χ1v) is 6.10. The molecule has 0 saturated heterocycles. The lowest BCUT2D eigenvalue weighted by molar-refractivity contribution is 0.0606. The minimum atomic E-state index is -0.503. The van der Waals surface area contributed by atoms with Crippen LogP contribution in [0.25, 0.3) is 10.8 Å². The van der Waals surface area contributed by atoms with Crippen LogP contribution in [0.5, 0.6) is 0 Å². The van der Waals surface area contributed by atoms with Gasteiger partial charge in [-0.15, -0.1) is 11.3 Å². The van der Waals surface area contributed by atoms with E-state index >= 15 is 0 Å². The molecule has 84 valence electrons. The largest absolute Gasteiger partial charge is 0.465 e. The molecule has 0 aliphatic heterocycles. The zero-order valence-electron chi connectivity index (χ0n) is 7.99. The van der Waals surface area contributed by atoms with E-state index in [1.54, 1.807) is 6.07 Å². The molecule has 4 nitrogen and oxygen atoms in total. The lowest BCUT2D eigenvalue weighted by atomic mass is 10.5. The Hall–Kier alpha value is -0.850. The molecule has 0 fully saturated rings. The smallest absolute Gasteiger partial charge is 0.351 e. The molecule has 2 heterocycles. The Morgan fingerprint density at radius 2 is 2.44 bits per heavy atom. The predicted octanol–water partition coefficient (Wildman–Crippen LogP) is 3.61. The first-order valence-electron chi connectivity index (χ1n) is 4.11. The van der Waals surface area contributed by atoms with Gasteiger partial charge in [-0.05, 0) is 22.0 Å². The number of hydrogen-bond donors (Lipinski definition) is 0. The number of thiazole rings is 1. The van der Waals surface area contributed by atoms with Crippen molar-refractivity contribution in [2.45, 2.75) is 0 Å². The monoisotopic (exact) mass is 321 g/mol. The van der Waals surface area contributed by atoms with E-state index in [2.05, 4.69) is 25.7 Å². The van der Waals surface area contributed by atoms with Crippen LogP contribution in [0.4, 0.5) is 0 Å². The maximum atomic E-state index is 11.3. The van der Waals surface area contributed by atoms with E-state index in [-0.39, 0.29) is 10.0 Å². The number of aromatic nitrogens is 1. The van der Waals surface area contributed by atoms with Crippen LogP contribution >= 0.6 is 38.9 Å². The van der Waals surface area contributed by atoms with Crippen molar-refractivity contribution in [3.8, 4) is 10.8 Å². The van der Waals surface area contributed by atoms with E-state index in [9.17, 15) is 4.79 Å². The van der Waals surface area contributed by atoms with Crippen LogP contribution in [-0.4, -0.2) is 18.1 Å². The molecule has 2 aromatic heterocycles. The normalized spacial score (nSPS) is 10.4. The number of hydrogen-bond acceptors (Lipinski definition) is 5.